The smallest absolute Gasteiger partial charge is 0.241 e. The van der Waals surface area contributed by atoms with E-state index in [4.69, 9.17) is 0 Å². The summed E-state index contributed by atoms with van der Waals surface area (Å²) in [6, 6.07) is 13.4. The molecule has 2 atom stereocenters. The number of rotatable bonds is 2. The van der Waals surface area contributed by atoms with E-state index in [9.17, 15) is 20.1 Å². The summed E-state index contributed by atoms with van der Waals surface area (Å²) in [6.07, 6.45) is -0.359. The van der Waals surface area contributed by atoms with Crippen LogP contribution in [0.3, 0.4) is 0 Å². The van der Waals surface area contributed by atoms with Gasteiger partial charge in [-0.25, -0.2) is 4.39 Å². The van der Waals surface area contributed by atoms with Crippen LogP contribution in [0.5, 0.6) is 0 Å². The largest absolute Gasteiger partial charge is 0.325 e. The van der Waals surface area contributed by atoms with E-state index in [1.807, 2.05) is 6.07 Å². The van der Waals surface area contributed by atoms with Crippen LogP contribution in [-0.4, -0.2) is 17.4 Å². The Morgan fingerprint density at radius 2 is 1.82 bits per heavy atom. The van der Waals surface area contributed by atoms with Crippen molar-refractivity contribution in [1.29, 1.82) is 10.5 Å². The first-order valence-electron chi connectivity index (χ1n) is 8.85. The van der Waals surface area contributed by atoms with Gasteiger partial charge in [0.25, 0.3) is 0 Å². The molecule has 0 saturated heterocycles. The Morgan fingerprint density at radius 3 is 2.46 bits per heavy atom. The predicted molar refractivity (Wildman–Crippen MR) is 99.3 cm³/mol. The molecule has 2 aliphatic rings. The number of carbonyl (C=O) groups is 2. The second-order valence-corrected chi connectivity index (χ2v) is 7.42. The van der Waals surface area contributed by atoms with Gasteiger partial charge in [0.1, 0.15) is 5.41 Å². The van der Waals surface area contributed by atoms with Crippen LogP contribution in [0.2, 0.25) is 0 Å². The van der Waals surface area contributed by atoms with E-state index in [-0.39, 0.29) is 17.5 Å². The molecule has 6 heteroatoms. The molecule has 5 nitrogen and oxygen atoms in total. The maximum Gasteiger partial charge on any atom is 0.241 e. The van der Waals surface area contributed by atoms with Gasteiger partial charge in [0.05, 0.1) is 12.1 Å². The minimum atomic E-state index is -2.73. The summed E-state index contributed by atoms with van der Waals surface area (Å²) in [5.74, 6) is -3.35. The summed E-state index contributed by atoms with van der Waals surface area (Å²) in [7, 11) is 0. The van der Waals surface area contributed by atoms with Gasteiger partial charge in [-0.3, -0.25) is 9.59 Å². The first-order valence-corrected chi connectivity index (χ1v) is 8.85. The fourth-order valence-corrected chi connectivity index (χ4v) is 4.68. The molecular weight excluding hydrogens is 357 g/mol. The van der Waals surface area contributed by atoms with E-state index in [0.29, 0.717) is 16.8 Å². The fraction of sp³-hybridized carbons (Fsp3) is 0.273. The Bertz CT molecular complexity index is 1130. The number of nitrogens with zero attached hydrogens (tertiary/aromatic N) is 2. The van der Waals surface area contributed by atoms with Gasteiger partial charge in [-0.05, 0) is 30.5 Å². The van der Waals surface area contributed by atoms with Crippen molar-refractivity contribution in [3.8, 4) is 12.1 Å². The molecule has 2 aromatic rings. The van der Waals surface area contributed by atoms with Gasteiger partial charge in [-0.1, -0.05) is 42.0 Å². The third kappa shape index (κ3) is 1.92. The Balaban J connectivity index is 2.09. The topological polar surface area (TPSA) is 93.8 Å². The van der Waals surface area contributed by atoms with E-state index in [2.05, 4.69) is 5.32 Å². The Kier molecular flexibility index (Phi) is 3.67. The molecule has 1 heterocycles. The molecule has 1 aliphatic heterocycles. The van der Waals surface area contributed by atoms with Crippen LogP contribution in [0, 0.1) is 42.4 Å². The van der Waals surface area contributed by atoms with Crippen molar-refractivity contribution < 1.29 is 14.0 Å². The van der Waals surface area contributed by atoms with Crippen LogP contribution in [0.1, 0.15) is 32.6 Å². The third-order valence-electron chi connectivity index (χ3n) is 5.87. The van der Waals surface area contributed by atoms with Crippen molar-refractivity contribution in [3.63, 3.8) is 0 Å². The number of halogens is 1. The lowest BCUT2D eigenvalue weighted by Gasteiger charge is -2.38. The van der Waals surface area contributed by atoms with Crippen molar-refractivity contribution in [1.82, 2.24) is 0 Å². The lowest BCUT2D eigenvalue weighted by molar-refractivity contribution is -0.126. The average molecular weight is 373 g/mol. The van der Waals surface area contributed by atoms with Crippen LogP contribution in [0.15, 0.2) is 36.4 Å². The van der Waals surface area contributed by atoms with Crippen LogP contribution in [-0.2, 0) is 16.6 Å². The highest BCUT2D eigenvalue weighted by atomic mass is 19.1. The maximum absolute atomic E-state index is 16.8. The minimum absolute atomic E-state index is 0.185. The number of nitrogens with one attached hydrogen (secondary N) is 1. The van der Waals surface area contributed by atoms with E-state index < -0.39 is 28.7 Å². The van der Waals surface area contributed by atoms with E-state index in [1.165, 1.54) is 6.07 Å². The van der Waals surface area contributed by atoms with Gasteiger partial charge in [0.2, 0.25) is 11.7 Å². The van der Waals surface area contributed by atoms with Gasteiger partial charge >= 0.3 is 0 Å². The Morgan fingerprint density at radius 1 is 1.14 bits per heavy atom. The van der Waals surface area contributed by atoms with E-state index >= 15 is 4.39 Å². The third-order valence-corrected chi connectivity index (χ3v) is 5.87. The summed E-state index contributed by atoms with van der Waals surface area (Å²) in [5, 5.41) is 22.0. The van der Waals surface area contributed by atoms with Crippen molar-refractivity contribution in [3.05, 3.63) is 64.2 Å². The van der Waals surface area contributed by atoms with Crippen LogP contribution in [0.4, 0.5) is 10.1 Å². The van der Waals surface area contributed by atoms with Crippen LogP contribution >= 0.6 is 0 Å². The van der Waals surface area contributed by atoms with Crippen LogP contribution in [0.25, 0.3) is 0 Å². The number of fused-ring (bicyclic) bond motifs is 2. The SMILES string of the molecule is Cc1cc(C)c2c(c1)[C@@](C(C#N)C#N)([C@]1(F)Cc3ccccc3C1=O)C(=O)N2. The number of nitriles is 2. The maximum atomic E-state index is 16.8. The lowest BCUT2D eigenvalue weighted by atomic mass is 9.60. The molecule has 1 N–H and O–H groups in total. The molecular formula is C22H16FN3O2. The summed E-state index contributed by atoms with van der Waals surface area (Å²) in [5.41, 5.74) is -2.32. The molecule has 0 spiro atoms. The first kappa shape index (κ1) is 17.9. The summed E-state index contributed by atoms with van der Waals surface area (Å²) in [4.78, 5) is 26.5. The fourth-order valence-electron chi connectivity index (χ4n) is 4.68. The highest BCUT2D eigenvalue weighted by Gasteiger charge is 2.71. The molecule has 0 radical (unpaired) electrons. The number of carbonyl (C=O) groups excluding carboxylic acids is 2. The molecule has 0 saturated carbocycles. The molecule has 1 aliphatic carbocycles. The second kappa shape index (κ2) is 5.74. The zero-order valence-corrected chi connectivity index (χ0v) is 15.3. The van der Waals surface area contributed by atoms with E-state index in [0.717, 1.165) is 5.56 Å². The van der Waals surface area contributed by atoms with Crippen molar-refractivity contribution in [2.45, 2.75) is 31.4 Å². The monoisotopic (exact) mass is 373 g/mol. The number of hydrogen-bond acceptors (Lipinski definition) is 4. The summed E-state index contributed by atoms with van der Waals surface area (Å²) < 4.78 is 16.8. The molecule has 0 bridgehead atoms. The normalized spacial score (nSPS) is 25.1. The molecule has 138 valence electrons. The highest BCUT2D eigenvalue weighted by Crippen LogP contribution is 2.56. The van der Waals surface area contributed by atoms with Gasteiger partial charge in [-0.15, -0.1) is 0 Å². The van der Waals surface area contributed by atoms with Crippen LogP contribution < -0.4 is 5.32 Å². The number of aryl methyl sites for hydroxylation is 2. The number of amides is 1. The molecule has 0 unspecified atom stereocenters. The number of benzene rings is 2. The lowest BCUT2D eigenvalue weighted by Crippen LogP contribution is -2.60. The van der Waals surface area contributed by atoms with Gasteiger partial charge in [-0.2, -0.15) is 10.5 Å². The number of ketones is 1. The molecule has 28 heavy (non-hydrogen) atoms. The molecule has 0 aromatic heterocycles. The summed E-state index contributed by atoms with van der Waals surface area (Å²) >= 11 is 0. The molecule has 2 aromatic carbocycles. The second-order valence-electron chi connectivity index (χ2n) is 7.42. The van der Waals surface area contributed by atoms with Gasteiger partial charge in [0.15, 0.2) is 11.6 Å². The molecule has 4 rings (SSSR count). The Labute approximate surface area is 161 Å². The standard InChI is InChI=1S/C22H16FN3O2/c1-12-7-13(2)18-17(8-12)22(20(28)26-18,15(10-24)11-25)21(23)9-14-5-3-4-6-16(14)19(21)27/h3-8,15H,9H2,1-2H3,(H,26,28)/t21-,22+/m0/s1. The number of hydrogen-bond donors (Lipinski definition) is 1. The van der Waals surface area contributed by atoms with Crippen molar-refractivity contribution in [2.24, 2.45) is 5.92 Å². The predicted octanol–water partition coefficient (Wildman–Crippen LogP) is 3.30. The molecule has 1 amide bonds. The Hall–Kier alpha value is -3.51. The van der Waals surface area contributed by atoms with Gasteiger partial charge < -0.3 is 5.32 Å². The highest BCUT2D eigenvalue weighted by molar-refractivity contribution is 6.17. The van der Waals surface area contributed by atoms with Crippen molar-refractivity contribution >= 4 is 17.4 Å². The number of anilines is 1. The number of alkyl halides is 1. The molecule has 0 fully saturated rings. The van der Waals surface area contributed by atoms with E-state index in [1.54, 1.807) is 50.3 Å². The van der Waals surface area contributed by atoms with Crippen molar-refractivity contribution in [2.75, 3.05) is 5.32 Å². The number of Topliss-reactive ketones (excluding diaryl/α,β-unsaturated/α-hetero) is 1. The summed E-state index contributed by atoms with van der Waals surface area (Å²) in [6.45, 7) is 3.54. The van der Waals surface area contributed by atoms with Gasteiger partial charge in [0, 0.05) is 17.7 Å². The zero-order chi connectivity index (χ0) is 20.3. The average Bonchev–Trinajstić information content (AvgIpc) is 3.10. The zero-order valence-electron chi connectivity index (χ0n) is 15.3. The first-order chi connectivity index (χ1) is 13.3. The quantitative estimate of drug-likeness (QED) is 0.874. The minimum Gasteiger partial charge on any atom is -0.325 e.